The van der Waals surface area contributed by atoms with Crippen molar-refractivity contribution < 1.29 is 41.0 Å². The molecule has 0 aromatic heterocycles. The molecule has 1 unspecified atom stereocenters. The average molecular weight is 307 g/mol. The van der Waals surface area contributed by atoms with Gasteiger partial charge in [0.1, 0.15) is 0 Å². The van der Waals surface area contributed by atoms with E-state index in [0.29, 0.717) is 12.8 Å². The summed E-state index contributed by atoms with van der Waals surface area (Å²) in [6, 6.07) is -1.22. The number of hydrogen-bond acceptors (Lipinski definition) is 2. The zero-order valence-corrected chi connectivity index (χ0v) is 9.88. The lowest BCUT2D eigenvalue weighted by Gasteiger charge is -2.25. The smallest absolute Gasteiger partial charge is 0.409 e. The van der Waals surface area contributed by atoms with E-state index in [1.807, 2.05) is 0 Å². The summed E-state index contributed by atoms with van der Waals surface area (Å²) >= 11 is 0. The van der Waals surface area contributed by atoms with Crippen LogP contribution in [0.3, 0.4) is 0 Å². The number of rotatable bonds is 5. The second-order valence-corrected chi connectivity index (χ2v) is 4.57. The highest BCUT2D eigenvalue weighted by Crippen LogP contribution is 2.40. The molecule has 116 valence electrons. The molecule has 0 spiro atoms. The molecule has 1 aliphatic carbocycles. The Bertz CT molecular complexity index is 373. The summed E-state index contributed by atoms with van der Waals surface area (Å²) in [7, 11) is 0. The topological polar surface area (TPSA) is 66.4 Å². The largest absolute Gasteiger partial charge is 0.481 e. The van der Waals surface area contributed by atoms with Crippen molar-refractivity contribution in [1.29, 1.82) is 0 Å². The number of nitrogens with one attached hydrogen (secondary N) is 1. The molecule has 0 heterocycles. The first-order valence-electron chi connectivity index (χ1n) is 5.58. The molecule has 0 aromatic carbocycles. The van der Waals surface area contributed by atoms with Crippen molar-refractivity contribution in [2.45, 2.75) is 37.7 Å². The van der Waals surface area contributed by atoms with Gasteiger partial charge in [-0.3, -0.25) is 9.59 Å². The summed E-state index contributed by atoms with van der Waals surface area (Å²) in [5.41, 5.74) is 0. The molecule has 0 saturated heterocycles. The summed E-state index contributed by atoms with van der Waals surface area (Å²) in [5.74, 6) is -8.21. The van der Waals surface area contributed by atoms with Crippen LogP contribution in [0.15, 0.2) is 0 Å². The van der Waals surface area contributed by atoms with E-state index in [1.54, 1.807) is 5.32 Å². The minimum Gasteiger partial charge on any atom is -0.481 e. The second-order valence-electron chi connectivity index (χ2n) is 4.57. The molecule has 1 amide bonds. The molecule has 0 aromatic rings. The number of carbonyl (C=O) groups excluding carboxylic acids is 1. The summed E-state index contributed by atoms with van der Waals surface area (Å²) in [4.78, 5) is 21.7. The van der Waals surface area contributed by atoms with Gasteiger partial charge in [0.15, 0.2) is 0 Å². The molecule has 1 aliphatic rings. The van der Waals surface area contributed by atoms with Gasteiger partial charge in [-0.2, -0.15) is 26.3 Å². The number of halogens is 6. The molecule has 1 saturated carbocycles. The monoisotopic (exact) mass is 307 g/mol. The van der Waals surface area contributed by atoms with E-state index in [-0.39, 0.29) is 0 Å². The number of carboxylic acid groups (broad SMARTS) is 1. The molecule has 1 atom stereocenters. The van der Waals surface area contributed by atoms with Crippen LogP contribution in [0.25, 0.3) is 0 Å². The van der Waals surface area contributed by atoms with E-state index in [1.165, 1.54) is 0 Å². The van der Waals surface area contributed by atoms with E-state index in [2.05, 4.69) is 0 Å². The molecule has 0 bridgehead atoms. The summed E-state index contributed by atoms with van der Waals surface area (Å²) < 4.78 is 73.8. The predicted molar refractivity (Wildman–Crippen MR) is 52.5 cm³/mol. The van der Waals surface area contributed by atoms with Crippen molar-refractivity contribution in [2.75, 3.05) is 0 Å². The van der Waals surface area contributed by atoms with Crippen LogP contribution in [0.2, 0.25) is 0 Å². The lowest BCUT2D eigenvalue weighted by atomic mass is 10.0. The molecule has 1 fully saturated rings. The maximum absolute atomic E-state index is 12.3. The summed E-state index contributed by atoms with van der Waals surface area (Å²) in [6.07, 6.45) is -11.3. The average Bonchev–Trinajstić information content (AvgIpc) is 2.92. The highest BCUT2D eigenvalue weighted by molar-refractivity contribution is 5.81. The van der Waals surface area contributed by atoms with Gasteiger partial charge < -0.3 is 10.4 Å². The molecule has 20 heavy (non-hydrogen) atoms. The van der Waals surface area contributed by atoms with E-state index < -0.39 is 48.5 Å². The Hall–Kier alpha value is -1.48. The van der Waals surface area contributed by atoms with Crippen LogP contribution in [0.1, 0.15) is 19.3 Å². The first kappa shape index (κ1) is 16.6. The second kappa shape index (κ2) is 5.49. The van der Waals surface area contributed by atoms with Crippen LogP contribution in [0, 0.1) is 11.8 Å². The fraction of sp³-hybridized carbons (Fsp3) is 0.800. The van der Waals surface area contributed by atoms with Gasteiger partial charge in [-0.25, -0.2) is 0 Å². The number of aliphatic carboxylic acids is 1. The van der Waals surface area contributed by atoms with Gasteiger partial charge in [-0.15, -0.1) is 0 Å². The number of amides is 1. The fourth-order valence-corrected chi connectivity index (χ4v) is 1.77. The number of carbonyl (C=O) groups is 2. The van der Waals surface area contributed by atoms with Gasteiger partial charge in [0, 0.05) is 6.04 Å². The first-order chi connectivity index (χ1) is 8.93. The minimum absolute atomic E-state index is 0.392. The number of alkyl halides is 6. The van der Waals surface area contributed by atoms with Gasteiger partial charge in [-0.1, -0.05) is 0 Å². The van der Waals surface area contributed by atoms with Gasteiger partial charge in [0.25, 0.3) is 0 Å². The SMILES string of the molecule is O=C(O)CC(NC(=O)C(C(F)(F)F)C(F)(F)F)C1CC1. The quantitative estimate of drug-likeness (QED) is 0.764. The van der Waals surface area contributed by atoms with Gasteiger partial charge in [0.05, 0.1) is 6.42 Å². The van der Waals surface area contributed by atoms with E-state index in [4.69, 9.17) is 5.11 Å². The summed E-state index contributed by atoms with van der Waals surface area (Å²) in [6.45, 7) is 0. The Kier molecular flexibility index (Phi) is 4.55. The first-order valence-corrected chi connectivity index (χ1v) is 5.58. The van der Waals surface area contributed by atoms with E-state index >= 15 is 0 Å². The third-order valence-electron chi connectivity index (χ3n) is 2.83. The molecule has 0 aliphatic heterocycles. The molecule has 1 rings (SSSR count). The Morgan fingerprint density at radius 1 is 1.10 bits per heavy atom. The predicted octanol–water partition coefficient (Wildman–Crippen LogP) is 2.10. The molecule has 0 radical (unpaired) electrons. The van der Waals surface area contributed by atoms with Crippen LogP contribution in [-0.4, -0.2) is 35.4 Å². The normalized spacial score (nSPS) is 17.9. The van der Waals surface area contributed by atoms with Crippen LogP contribution < -0.4 is 5.32 Å². The fourth-order valence-electron chi connectivity index (χ4n) is 1.77. The maximum atomic E-state index is 12.3. The Labute approximate surface area is 109 Å². The minimum atomic E-state index is -5.78. The van der Waals surface area contributed by atoms with Crippen molar-refractivity contribution in [2.24, 2.45) is 11.8 Å². The van der Waals surface area contributed by atoms with Crippen molar-refractivity contribution >= 4 is 11.9 Å². The van der Waals surface area contributed by atoms with E-state index in [9.17, 15) is 35.9 Å². The highest BCUT2D eigenvalue weighted by Gasteiger charge is 2.61. The van der Waals surface area contributed by atoms with Crippen molar-refractivity contribution in [1.82, 2.24) is 5.32 Å². The third kappa shape index (κ3) is 4.57. The van der Waals surface area contributed by atoms with Gasteiger partial charge >= 0.3 is 18.3 Å². The Morgan fingerprint density at radius 3 is 1.85 bits per heavy atom. The van der Waals surface area contributed by atoms with E-state index in [0.717, 1.165) is 0 Å². The molecule has 2 N–H and O–H groups in total. The van der Waals surface area contributed by atoms with Crippen molar-refractivity contribution in [3.8, 4) is 0 Å². The number of hydrogen-bond donors (Lipinski definition) is 2. The third-order valence-corrected chi connectivity index (χ3v) is 2.83. The highest BCUT2D eigenvalue weighted by atomic mass is 19.4. The van der Waals surface area contributed by atoms with Crippen molar-refractivity contribution in [3.63, 3.8) is 0 Å². The van der Waals surface area contributed by atoms with Crippen LogP contribution in [0.4, 0.5) is 26.3 Å². The molecule has 4 nitrogen and oxygen atoms in total. The molecular formula is C10H11F6NO3. The zero-order chi connectivity index (χ0) is 15.7. The van der Waals surface area contributed by atoms with Gasteiger partial charge in [-0.05, 0) is 18.8 Å². The van der Waals surface area contributed by atoms with Crippen LogP contribution in [0.5, 0.6) is 0 Å². The standard InChI is InChI=1S/C10H11F6NO3/c11-9(12,13)7(10(14,15)16)8(20)17-5(3-6(18)19)4-1-2-4/h4-5,7H,1-3H2,(H,17,20)(H,18,19). The zero-order valence-electron chi connectivity index (χ0n) is 9.88. The Morgan fingerprint density at radius 2 is 1.55 bits per heavy atom. The van der Waals surface area contributed by atoms with Gasteiger partial charge in [0.2, 0.25) is 11.8 Å². The molecular weight excluding hydrogens is 296 g/mol. The van der Waals surface area contributed by atoms with Crippen LogP contribution >= 0.6 is 0 Å². The number of carboxylic acids is 1. The Balaban J connectivity index is 2.82. The lowest BCUT2D eigenvalue weighted by molar-refractivity contribution is -0.274. The lowest BCUT2D eigenvalue weighted by Crippen LogP contribution is -2.51. The summed E-state index contributed by atoms with van der Waals surface area (Å²) in [5, 5.41) is 10.1. The van der Waals surface area contributed by atoms with Crippen LogP contribution in [-0.2, 0) is 9.59 Å². The maximum Gasteiger partial charge on any atom is 0.409 e. The van der Waals surface area contributed by atoms with Crippen molar-refractivity contribution in [3.05, 3.63) is 0 Å². The molecule has 10 heteroatoms.